The normalized spacial score (nSPS) is 15.5. The second-order valence-corrected chi connectivity index (χ2v) is 11.0. The van der Waals surface area contributed by atoms with Crippen LogP contribution >= 0.6 is 0 Å². The molecule has 0 saturated carbocycles. The third kappa shape index (κ3) is 17.9. The van der Waals surface area contributed by atoms with Gasteiger partial charge >= 0.3 is 0 Å². The highest BCUT2D eigenvalue weighted by Gasteiger charge is 2.52. The summed E-state index contributed by atoms with van der Waals surface area (Å²) < 4.78 is 31.2. The number of likely N-dealkylation sites (tertiary alicyclic amines) is 2. The highest BCUT2D eigenvalue weighted by atomic mass is 16.6. The molecule has 0 unspecified atom stereocenters. The monoisotopic (exact) mass is 618 g/mol. The number of hydrogen-bond donors (Lipinski definition) is 2. The Morgan fingerprint density at radius 1 is 0.791 bits per heavy atom. The van der Waals surface area contributed by atoms with E-state index in [9.17, 15) is 14.4 Å². The third-order valence-electron chi connectivity index (χ3n) is 7.04. The van der Waals surface area contributed by atoms with Gasteiger partial charge in [-0.2, -0.15) is 0 Å². The van der Waals surface area contributed by atoms with E-state index in [0.717, 1.165) is 45.3 Å². The first-order valence-electron chi connectivity index (χ1n) is 15.7. The Bertz CT molecular complexity index is 751. The van der Waals surface area contributed by atoms with Gasteiger partial charge in [-0.3, -0.25) is 14.4 Å². The van der Waals surface area contributed by atoms with Gasteiger partial charge in [0, 0.05) is 45.6 Å². The lowest BCUT2D eigenvalue weighted by Gasteiger charge is -2.52. The first-order chi connectivity index (χ1) is 20.8. The van der Waals surface area contributed by atoms with E-state index in [2.05, 4.69) is 12.2 Å². The molecule has 0 aromatic heterocycles. The minimum Gasteiger partial charge on any atom is -0.382 e. The number of primary amides is 1. The van der Waals surface area contributed by atoms with Crippen molar-refractivity contribution in [3.8, 4) is 0 Å². The average molecular weight is 619 g/mol. The van der Waals surface area contributed by atoms with Crippen LogP contribution in [0.25, 0.3) is 0 Å². The number of nitrogens with zero attached hydrogens (tertiary/aromatic N) is 2. The van der Waals surface area contributed by atoms with Crippen molar-refractivity contribution in [3.05, 3.63) is 0 Å². The van der Waals surface area contributed by atoms with Crippen molar-refractivity contribution < 1.29 is 42.8 Å². The molecule has 0 aliphatic carbocycles. The number of methoxy groups -OCH3 is 1. The standard InChI is InChI=1S/C16H29N3O2.C14H29NO7/c1-4-5-7-14(20)18-11-16(12-18)8-6-9-19(16)15(21)10-17-13(2)3;1-17-4-5-19-8-9-21-12-13-22-11-10-20-7-6-18-3-2-14(15)16/h13,17H,4-12H2,1-3H3;2-13H2,1H3,(H2,15,16). The second-order valence-electron chi connectivity index (χ2n) is 11.0. The lowest BCUT2D eigenvalue weighted by molar-refractivity contribution is -0.153. The molecule has 2 fully saturated rings. The van der Waals surface area contributed by atoms with Crippen LogP contribution in [0.5, 0.6) is 0 Å². The van der Waals surface area contributed by atoms with Gasteiger partial charge < -0.3 is 49.3 Å². The zero-order chi connectivity index (χ0) is 31.8. The number of carbonyl (C=O) groups excluding carboxylic acids is 3. The van der Waals surface area contributed by atoms with Crippen LogP contribution in [0, 0.1) is 0 Å². The Hall–Kier alpha value is -1.87. The highest BCUT2D eigenvalue weighted by Crippen LogP contribution is 2.38. The minimum atomic E-state index is -0.363. The number of amides is 3. The van der Waals surface area contributed by atoms with E-state index in [4.69, 9.17) is 34.2 Å². The molecule has 1 spiro atoms. The van der Waals surface area contributed by atoms with Crippen LogP contribution in [-0.2, 0) is 42.8 Å². The van der Waals surface area contributed by atoms with E-state index in [1.165, 1.54) is 0 Å². The van der Waals surface area contributed by atoms with Crippen LogP contribution in [-0.4, -0.2) is 145 Å². The molecule has 2 aliphatic rings. The van der Waals surface area contributed by atoms with Crippen LogP contribution in [0.3, 0.4) is 0 Å². The highest BCUT2D eigenvalue weighted by molar-refractivity contribution is 5.81. The summed E-state index contributed by atoms with van der Waals surface area (Å²) in [5, 5.41) is 3.20. The molecule has 252 valence electrons. The summed E-state index contributed by atoms with van der Waals surface area (Å²) >= 11 is 0. The SMILES string of the molecule is CCCCC(=O)N1CC2(CCCN2C(=O)CNC(C)C)C1.COCCOCCOCCOCCOCCOCCC(N)=O. The van der Waals surface area contributed by atoms with Crippen molar-refractivity contribution in [1.82, 2.24) is 15.1 Å². The summed E-state index contributed by atoms with van der Waals surface area (Å²) in [5.41, 5.74) is 4.91. The van der Waals surface area contributed by atoms with Gasteiger partial charge in [0.05, 0.1) is 84.8 Å². The van der Waals surface area contributed by atoms with Gasteiger partial charge in [0.1, 0.15) is 0 Å². The molecule has 0 atom stereocenters. The first-order valence-corrected chi connectivity index (χ1v) is 15.7. The van der Waals surface area contributed by atoms with Crippen LogP contribution < -0.4 is 11.1 Å². The predicted octanol–water partition coefficient (Wildman–Crippen LogP) is 0.969. The molecule has 2 aliphatic heterocycles. The van der Waals surface area contributed by atoms with Gasteiger partial charge in [-0.05, 0) is 19.3 Å². The molecule has 0 radical (unpaired) electrons. The number of nitrogens with one attached hydrogen (secondary N) is 1. The van der Waals surface area contributed by atoms with E-state index in [-0.39, 0.29) is 29.7 Å². The number of hydrogen-bond acceptors (Lipinski definition) is 10. The lowest BCUT2D eigenvalue weighted by atomic mass is 9.86. The molecular weight excluding hydrogens is 560 g/mol. The van der Waals surface area contributed by atoms with E-state index in [1.807, 2.05) is 23.6 Å². The number of nitrogens with two attached hydrogens (primary N) is 1. The Morgan fingerprint density at radius 2 is 1.30 bits per heavy atom. The van der Waals surface area contributed by atoms with E-state index < -0.39 is 0 Å². The molecule has 2 saturated heterocycles. The molecule has 0 aromatic rings. The number of ether oxygens (including phenoxy) is 6. The molecule has 13 nitrogen and oxygen atoms in total. The molecular formula is C30H58N4O9. The fraction of sp³-hybridized carbons (Fsp3) is 0.900. The van der Waals surface area contributed by atoms with Crippen molar-refractivity contribution in [2.45, 2.75) is 70.9 Å². The topological polar surface area (TPSA) is 151 Å². The second kappa shape index (κ2) is 24.5. The minimum absolute atomic E-state index is 0.0579. The summed E-state index contributed by atoms with van der Waals surface area (Å²) in [7, 11) is 1.64. The van der Waals surface area contributed by atoms with Gasteiger partial charge in [0.2, 0.25) is 17.7 Å². The number of carbonyl (C=O) groups is 3. The van der Waals surface area contributed by atoms with Gasteiger partial charge in [-0.15, -0.1) is 0 Å². The van der Waals surface area contributed by atoms with Crippen LogP contribution in [0.1, 0.15) is 59.3 Å². The molecule has 2 rings (SSSR count). The van der Waals surface area contributed by atoms with Gasteiger partial charge in [-0.1, -0.05) is 27.2 Å². The first kappa shape index (κ1) is 39.2. The lowest BCUT2D eigenvalue weighted by Crippen LogP contribution is -2.70. The van der Waals surface area contributed by atoms with Crippen molar-refractivity contribution >= 4 is 17.7 Å². The number of rotatable bonds is 24. The summed E-state index contributed by atoms with van der Waals surface area (Å²) in [5.74, 6) is 0.0713. The summed E-state index contributed by atoms with van der Waals surface area (Å²) in [6, 6.07) is 0.320. The Balaban J connectivity index is 0.000000430. The van der Waals surface area contributed by atoms with Crippen LogP contribution in [0.2, 0.25) is 0 Å². The quantitative estimate of drug-likeness (QED) is 0.150. The molecule has 43 heavy (non-hydrogen) atoms. The van der Waals surface area contributed by atoms with Crippen LogP contribution in [0.4, 0.5) is 0 Å². The maximum absolute atomic E-state index is 12.4. The number of unbranched alkanes of at least 4 members (excludes halogenated alkanes) is 1. The predicted molar refractivity (Wildman–Crippen MR) is 163 cm³/mol. The molecule has 0 aromatic carbocycles. The summed E-state index contributed by atoms with van der Waals surface area (Å²) in [6.45, 7) is 14.5. The Kier molecular flexibility index (Phi) is 22.3. The van der Waals surface area contributed by atoms with Crippen molar-refractivity contribution in [2.24, 2.45) is 5.73 Å². The average Bonchev–Trinajstić information content (AvgIpc) is 3.41. The maximum Gasteiger partial charge on any atom is 0.237 e. The van der Waals surface area contributed by atoms with E-state index in [0.29, 0.717) is 91.7 Å². The van der Waals surface area contributed by atoms with Gasteiger partial charge in [0.15, 0.2) is 0 Å². The fourth-order valence-corrected chi connectivity index (χ4v) is 4.67. The molecule has 13 heteroatoms. The molecule has 2 heterocycles. The van der Waals surface area contributed by atoms with E-state index >= 15 is 0 Å². The van der Waals surface area contributed by atoms with Crippen molar-refractivity contribution in [3.63, 3.8) is 0 Å². The molecule has 3 amide bonds. The van der Waals surface area contributed by atoms with Crippen molar-refractivity contribution in [1.29, 1.82) is 0 Å². The summed E-state index contributed by atoms with van der Waals surface area (Å²) in [6.07, 6.45) is 5.00. The smallest absolute Gasteiger partial charge is 0.237 e. The fourth-order valence-electron chi connectivity index (χ4n) is 4.67. The van der Waals surface area contributed by atoms with E-state index in [1.54, 1.807) is 7.11 Å². The molecule has 0 bridgehead atoms. The van der Waals surface area contributed by atoms with Gasteiger partial charge in [-0.25, -0.2) is 0 Å². The summed E-state index contributed by atoms with van der Waals surface area (Å²) in [4.78, 5) is 38.8. The van der Waals surface area contributed by atoms with Gasteiger partial charge in [0.25, 0.3) is 0 Å². The zero-order valence-electron chi connectivity index (χ0n) is 27.1. The third-order valence-corrected chi connectivity index (χ3v) is 7.04. The Morgan fingerprint density at radius 3 is 1.77 bits per heavy atom. The van der Waals surface area contributed by atoms with Crippen LogP contribution in [0.15, 0.2) is 0 Å². The maximum atomic E-state index is 12.4. The largest absolute Gasteiger partial charge is 0.382 e. The molecule has 3 N–H and O–H groups in total. The van der Waals surface area contributed by atoms with Crippen molar-refractivity contribution in [2.75, 3.05) is 106 Å². The Labute approximate surface area is 258 Å². The zero-order valence-corrected chi connectivity index (χ0v) is 27.1.